The van der Waals surface area contributed by atoms with Gasteiger partial charge in [-0.25, -0.2) is 0 Å². The normalized spacial score (nSPS) is 31.4. The van der Waals surface area contributed by atoms with Crippen LogP contribution in [0.15, 0.2) is 4.99 Å². The third-order valence-corrected chi connectivity index (χ3v) is 6.50. The predicted molar refractivity (Wildman–Crippen MR) is 106 cm³/mol. The van der Waals surface area contributed by atoms with E-state index >= 15 is 0 Å². The largest absolute Gasteiger partial charge is 0.355 e. The summed E-state index contributed by atoms with van der Waals surface area (Å²) in [4.78, 5) is 9.80. The maximum Gasteiger partial charge on any atom is 0.191 e. The van der Waals surface area contributed by atoms with Crippen molar-refractivity contribution < 1.29 is 0 Å². The number of likely N-dealkylation sites (tertiary alicyclic amines) is 2. The smallest absolute Gasteiger partial charge is 0.191 e. The molecule has 0 radical (unpaired) electrons. The molecule has 1 saturated carbocycles. The Morgan fingerprint density at radius 1 is 1.08 bits per heavy atom. The van der Waals surface area contributed by atoms with E-state index in [1.165, 1.54) is 71.1 Å². The Morgan fingerprint density at radius 3 is 2.60 bits per heavy atom. The van der Waals surface area contributed by atoms with E-state index in [0.717, 1.165) is 24.5 Å². The van der Waals surface area contributed by atoms with E-state index < -0.39 is 0 Å². The fourth-order valence-electron chi connectivity index (χ4n) is 4.89. The van der Waals surface area contributed by atoms with Crippen LogP contribution in [0.2, 0.25) is 0 Å². The van der Waals surface area contributed by atoms with Crippen molar-refractivity contribution in [3.05, 3.63) is 0 Å². The van der Waals surface area contributed by atoms with Gasteiger partial charge in [0, 0.05) is 51.4 Å². The summed E-state index contributed by atoms with van der Waals surface area (Å²) in [6, 6.07) is 1.97. The Hall–Kier alpha value is -0.810. The van der Waals surface area contributed by atoms with Crippen LogP contribution < -0.4 is 10.6 Å². The van der Waals surface area contributed by atoms with Crippen LogP contribution in [0.3, 0.4) is 0 Å². The van der Waals surface area contributed by atoms with Gasteiger partial charge in [0.2, 0.25) is 0 Å². The van der Waals surface area contributed by atoms with Gasteiger partial charge in [0.05, 0.1) is 0 Å². The van der Waals surface area contributed by atoms with E-state index in [4.69, 9.17) is 0 Å². The molecule has 3 aliphatic rings. The molecule has 5 nitrogen and oxygen atoms in total. The molecule has 1 aliphatic carbocycles. The van der Waals surface area contributed by atoms with Crippen molar-refractivity contribution in [3.63, 3.8) is 0 Å². The second-order valence-electron chi connectivity index (χ2n) is 8.61. The average Bonchev–Trinajstić information content (AvgIpc) is 3.29. The summed E-state index contributed by atoms with van der Waals surface area (Å²) in [5, 5.41) is 7.24. The van der Waals surface area contributed by atoms with Crippen LogP contribution in [0.1, 0.15) is 58.8 Å². The monoisotopic (exact) mass is 349 g/mol. The van der Waals surface area contributed by atoms with Crippen LogP contribution in [-0.2, 0) is 0 Å². The Morgan fingerprint density at radius 2 is 1.88 bits per heavy atom. The summed E-state index contributed by atoms with van der Waals surface area (Å²) in [5.41, 5.74) is 0. The van der Waals surface area contributed by atoms with Gasteiger partial charge in [-0.3, -0.25) is 14.8 Å². The maximum atomic E-state index is 4.46. The SMILES string of the molecule is CN=C(NCC(C)N1CCCC(C)C1)NC1CCN(C2CCCC2)C1. The molecule has 0 aromatic carbocycles. The summed E-state index contributed by atoms with van der Waals surface area (Å²) in [6.07, 6.45) is 9.65. The number of nitrogens with zero attached hydrogens (tertiary/aromatic N) is 3. The van der Waals surface area contributed by atoms with Gasteiger partial charge in [0.15, 0.2) is 5.96 Å². The zero-order chi connectivity index (χ0) is 17.6. The van der Waals surface area contributed by atoms with E-state index in [1.54, 1.807) is 0 Å². The standard InChI is InChI=1S/C20H39N5/c1-16-7-6-11-24(14-16)17(2)13-22-20(21-3)23-18-10-12-25(15-18)19-8-4-5-9-19/h16-19H,4-15H2,1-3H3,(H2,21,22,23). The number of aliphatic imine (C=N–C) groups is 1. The highest BCUT2D eigenvalue weighted by molar-refractivity contribution is 5.80. The molecule has 25 heavy (non-hydrogen) atoms. The van der Waals surface area contributed by atoms with Crippen molar-refractivity contribution in [2.24, 2.45) is 10.9 Å². The molecule has 3 unspecified atom stereocenters. The minimum Gasteiger partial charge on any atom is -0.355 e. The minimum atomic E-state index is 0.553. The van der Waals surface area contributed by atoms with Gasteiger partial charge >= 0.3 is 0 Å². The van der Waals surface area contributed by atoms with Crippen molar-refractivity contribution in [3.8, 4) is 0 Å². The van der Waals surface area contributed by atoms with Gasteiger partial charge in [-0.2, -0.15) is 0 Å². The topological polar surface area (TPSA) is 42.9 Å². The van der Waals surface area contributed by atoms with Crippen LogP contribution in [0.25, 0.3) is 0 Å². The molecule has 2 aliphatic heterocycles. The number of hydrogen-bond donors (Lipinski definition) is 2. The predicted octanol–water partition coefficient (Wildman–Crippen LogP) is 2.29. The van der Waals surface area contributed by atoms with Gasteiger partial charge < -0.3 is 10.6 Å². The summed E-state index contributed by atoms with van der Waals surface area (Å²) < 4.78 is 0. The average molecular weight is 350 g/mol. The molecule has 3 rings (SSSR count). The van der Waals surface area contributed by atoms with Crippen LogP contribution in [-0.4, -0.2) is 73.7 Å². The third kappa shape index (κ3) is 5.33. The van der Waals surface area contributed by atoms with Crippen molar-refractivity contribution in [1.82, 2.24) is 20.4 Å². The molecule has 0 aromatic heterocycles. The number of nitrogens with one attached hydrogen (secondary N) is 2. The lowest BCUT2D eigenvalue weighted by molar-refractivity contribution is 0.139. The number of rotatable bonds is 5. The molecular formula is C20H39N5. The summed E-state index contributed by atoms with van der Waals surface area (Å²) in [5.74, 6) is 1.82. The molecule has 2 N–H and O–H groups in total. The first-order valence-electron chi connectivity index (χ1n) is 10.6. The fourth-order valence-corrected chi connectivity index (χ4v) is 4.89. The molecule has 144 valence electrons. The molecule has 0 amide bonds. The Labute approximate surface area is 154 Å². The lowest BCUT2D eigenvalue weighted by Crippen LogP contribution is -2.50. The maximum absolute atomic E-state index is 4.46. The van der Waals surface area contributed by atoms with Crippen LogP contribution in [0, 0.1) is 5.92 Å². The number of guanidine groups is 1. The number of piperidine rings is 1. The van der Waals surface area contributed by atoms with Crippen LogP contribution >= 0.6 is 0 Å². The molecule has 2 saturated heterocycles. The lowest BCUT2D eigenvalue weighted by Gasteiger charge is -2.36. The van der Waals surface area contributed by atoms with E-state index in [2.05, 4.69) is 39.3 Å². The van der Waals surface area contributed by atoms with Gasteiger partial charge in [0.1, 0.15) is 0 Å². The summed E-state index contributed by atoms with van der Waals surface area (Å²) >= 11 is 0. The minimum absolute atomic E-state index is 0.553. The quantitative estimate of drug-likeness (QED) is 0.590. The van der Waals surface area contributed by atoms with Crippen molar-refractivity contribution in [2.75, 3.05) is 39.8 Å². The summed E-state index contributed by atoms with van der Waals surface area (Å²) in [6.45, 7) is 10.6. The van der Waals surface area contributed by atoms with E-state index in [1.807, 2.05) is 7.05 Å². The highest BCUT2D eigenvalue weighted by Crippen LogP contribution is 2.26. The Kier molecular flexibility index (Phi) is 7.00. The fraction of sp³-hybridized carbons (Fsp3) is 0.950. The molecule has 3 fully saturated rings. The van der Waals surface area contributed by atoms with E-state index in [9.17, 15) is 0 Å². The zero-order valence-electron chi connectivity index (χ0n) is 16.6. The van der Waals surface area contributed by atoms with Gasteiger partial charge in [0.25, 0.3) is 0 Å². The first-order valence-corrected chi connectivity index (χ1v) is 10.6. The first-order chi connectivity index (χ1) is 12.2. The molecular weight excluding hydrogens is 310 g/mol. The van der Waals surface area contributed by atoms with Gasteiger partial charge in [-0.05, 0) is 51.5 Å². The molecule has 0 spiro atoms. The molecule has 2 heterocycles. The second kappa shape index (κ2) is 9.22. The molecule has 3 atom stereocenters. The Balaban J connectivity index is 1.39. The zero-order valence-corrected chi connectivity index (χ0v) is 16.6. The Bertz CT molecular complexity index is 432. The van der Waals surface area contributed by atoms with Crippen molar-refractivity contribution >= 4 is 5.96 Å². The third-order valence-electron chi connectivity index (χ3n) is 6.50. The highest BCUT2D eigenvalue weighted by Gasteiger charge is 2.30. The molecule has 0 aromatic rings. The molecule has 5 heteroatoms. The van der Waals surface area contributed by atoms with Crippen LogP contribution in [0.4, 0.5) is 0 Å². The first kappa shape index (κ1) is 19.0. The van der Waals surface area contributed by atoms with E-state index in [-0.39, 0.29) is 0 Å². The summed E-state index contributed by atoms with van der Waals surface area (Å²) in [7, 11) is 1.90. The van der Waals surface area contributed by atoms with Crippen molar-refractivity contribution in [2.45, 2.75) is 76.9 Å². The lowest BCUT2D eigenvalue weighted by atomic mass is 9.99. The molecule has 0 bridgehead atoms. The number of hydrogen-bond acceptors (Lipinski definition) is 3. The van der Waals surface area contributed by atoms with Gasteiger partial charge in [-0.15, -0.1) is 0 Å². The highest BCUT2D eigenvalue weighted by atomic mass is 15.3. The van der Waals surface area contributed by atoms with E-state index in [0.29, 0.717) is 12.1 Å². The van der Waals surface area contributed by atoms with Crippen molar-refractivity contribution in [1.29, 1.82) is 0 Å². The second-order valence-corrected chi connectivity index (χ2v) is 8.61. The van der Waals surface area contributed by atoms with Crippen LogP contribution in [0.5, 0.6) is 0 Å². The van der Waals surface area contributed by atoms with Gasteiger partial charge in [-0.1, -0.05) is 19.8 Å².